The maximum atomic E-state index is 6.68. The third kappa shape index (κ3) is 5.82. The molecular weight excluding hydrogens is 488 g/mol. The van der Waals surface area contributed by atoms with Gasteiger partial charge in [-0.1, -0.05) is 59.8 Å². The molecule has 39 heavy (non-hydrogen) atoms. The van der Waals surface area contributed by atoms with Gasteiger partial charge in [0, 0.05) is 47.7 Å². The van der Waals surface area contributed by atoms with Crippen LogP contribution in [0.5, 0.6) is 11.5 Å². The number of ether oxygens (including phenoxy) is 2. The molecule has 0 amide bonds. The molecular formula is C31H36N6O2. The zero-order valence-corrected chi connectivity index (χ0v) is 22.5. The molecule has 2 aromatic heterocycles. The van der Waals surface area contributed by atoms with Crippen molar-refractivity contribution in [3.63, 3.8) is 0 Å². The summed E-state index contributed by atoms with van der Waals surface area (Å²) in [5, 5.41) is 10.6. The molecule has 202 valence electrons. The van der Waals surface area contributed by atoms with E-state index >= 15 is 0 Å². The Morgan fingerprint density at radius 2 is 1.72 bits per heavy atom. The fraction of sp³-hybridized carbons (Fsp3) is 0.290. The maximum Gasteiger partial charge on any atom is 0.126 e. The number of hydrogen-bond donors (Lipinski definition) is 3. The lowest BCUT2D eigenvalue weighted by Crippen LogP contribution is -2.41. The molecule has 0 radical (unpaired) electrons. The van der Waals surface area contributed by atoms with Crippen LogP contribution >= 0.6 is 0 Å². The molecule has 0 aliphatic heterocycles. The van der Waals surface area contributed by atoms with E-state index in [1.165, 1.54) is 16.5 Å². The van der Waals surface area contributed by atoms with Crippen LogP contribution in [-0.4, -0.2) is 46.8 Å². The minimum atomic E-state index is -0.307. The van der Waals surface area contributed by atoms with Gasteiger partial charge in [-0.25, -0.2) is 4.68 Å². The van der Waals surface area contributed by atoms with Crippen LogP contribution in [0.4, 0.5) is 0 Å². The van der Waals surface area contributed by atoms with Gasteiger partial charge >= 0.3 is 0 Å². The number of nitrogens with one attached hydrogen (secondary N) is 1. The smallest absolute Gasteiger partial charge is 0.126 e. The minimum Gasteiger partial charge on any atom is -0.497 e. The van der Waals surface area contributed by atoms with Gasteiger partial charge in [0.15, 0.2) is 0 Å². The number of benzene rings is 3. The van der Waals surface area contributed by atoms with Crippen LogP contribution < -0.4 is 20.9 Å². The van der Waals surface area contributed by atoms with Crippen molar-refractivity contribution in [2.45, 2.75) is 37.8 Å². The number of methoxy groups -OCH3 is 2. The molecule has 0 aliphatic rings. The monoisotopic (exact) mass is 524 g/mol. The SMILES string of the molecule is COc1ccc(Cc2c(CCc3ccccc3)nnn2C(Cc2c[nH]c3ccccc23)C(N)CN)c(OC)c1. The second kappa shape index (κ2) is 12.1. The maximum absolute atomic E-state index is 6.68. The van der Waals surface area contributed by atoms with Gasteiger partial charge in [0.25, 0.3) is 0 Å². The first-order chi connectivity index (χ1) is 19.1. The summed E-state index contributed by atoms with van der Waals surface area (Å²) in [6, 6.07) is 24.1. The second-order valence-electron chi connectivity index (χ2n) is 9.80. The van der Waals surface area contributed by atoms with Crippen LogP contribution in [0.1, 0.15) is 34.1 Å². The summed E-state index contributed by atoms with van der Waals surface area (Å²) in [4.78, 5) is 3.38. The van der Waals surface area contributed by atoms with Gasteiger partial charge in [-0.05, 0) is 42.5 Å². The molecule has 5 N–H and O–H groups in total. The van der Waals surface area contributed by atoms with Gasteiger partial charge in [0.2, 0.25) is 0 Å². The van der Waals surface area contributed by atoms with Gasteiger partial charge in [0.05, 0.1) is 31.6 Å². The van der Waals surface area contributed by atoms with E-state index in [9.17, 15) is 0 Å². The normalized spacial score (nSPS) is 12.9. The number of para-hydroxylation sites is 1. The van der Waals surface area contributed by atoms with Crippen molar-refractivity contribution in [2.75, 3.05) is 20.8 Å². The summed E-state index contributed by atoms with van der Waals surface area (Å²) in [6.45, 7) is 0.331. The molecule has 5 aromatic rings. The van der Waals surface area contributed by atoms with Crippen LogP contribution in [-0.2, 0) is 25.7 Å². The number of hydrogen-bond acceptors (Lipinski definition) is 6. The molecule has 0 saturated heterocycles. The summed E-state index contributed by atoms with van der Waals surface area (Å²) in [6.07, 6.45) is 4.95. The van der Waals surface area contributed by atoms with E-state index < -0.39 is 0 Å². The minimum absolute atomic E-state index is 0.175. The first kappa shape index (κ1) is 26.5. The van der Waals surface area contributed by atoms with Crippen molar-refractivity contribution < 1.29 is 9.47 Å². The number of rotatable bonds is 12. The molecule has 0 saturated carbocycles. The largest absolute Gasteiger partial charge is 0.497 e. The highest BCUT2D eigenvalue weighted by molar-refractivity contribution is 5.83. The molecule has 5 rings (SSSR count). The molecule has 0 aliphatic carbocycles. The number of aryl methyl sites for hydroxylation is 2. The number of nitrogens with two attached hydrogens (primary N) is 2. The molecule has 8 nitrogen and oxygen atoms in total. The van der Waals surface area contributed by atoms with E-state index in [-0.39, 0.29) is 12.1 Å². The lowest BCUT2D eigenvalue weighted by atomic mass is 9.97. The van der Waals surface area contributed by atoms with Crippen LogP contribution in [0.3, 0.4) is 0 Å². The third-order valence-electron chi connectivity index (χ3n) is 7.40. The van der Waals surface area contributed by atoms with E-state index in [1.807, 2.05) is 35.0 Å². The standard InChI is InChI=1S/C31H36N6O2/c1-38-24-14-13-22(31(18-24)39-2)16-30-28(15-12-21-8-4-3-5-9-21)35-36-37(30)29(26(33)19-32)17-23-20-34-27-11-7-6-10-25(23)27/h3-11,13-14,18,20,26,29,34H,12,15-17,19,32-33H2,1-2H3. The fourth-order valence-electron chi connectivity index (χ4n) is 5.18. The summed E-state index contributed by atoms with van der Waals surface area (Å²) in [5.74, 6) is 1.50. The highest BCUT2D eigenvalue weighted by Crippen LogP contribution is 2.30. The Bertz CT molecular complexity index is 1510. The van der Waals surface area contributed by atoms with E-state index in [2.05, 4.69) is 58.7 Å². The topological polar surface area (TPSA) is 117 Å². The van der Waals surface area contributed by atoms with Gasteiger partial charge < -0.3 is 25.9 Å². The van der Waals surface area contributed by atoms with E-state index in [0.717, 1.165) is 46.8 Å². The van der Waals surface area contributed by atoms with Crippen LogP contribution in [0.2, 0.25) is 0 Å². The number of H-pyrrole nitrogens is 1. The Morgan fingerprint density at radius 3 is 2.49 bits per heavy atom. The molecule has 8 heteroatoms. The van der Waals surface area contributed by atoms with E-state index in [4.69, 9.17) is 26.2 Å². The Kier molecular flexibility index (Phi) is 8.24. The number of aromatic nitrogens is 4. The summed E-state index contributed by atoms with van der Waals surface area (Å²) in [5.41, 5.74) is 19.3. The number of nitrogens with zero attached hydrogens (tertiary/aromatic N) is 3. The Balaban J connectivity index is 1.54. The molecule has 0 bridgehead atoms. The Labute approximate surface area is 228 Å². The van der Waals surface area contributed by atoms with Crippen molar-refractivity contribution in [2.24, 2.45) is 11.5 Å². The van der Waals surface area contributed by atoms with Gasteiger partial charge in [-0.15, -0.1) is 5.10 Å². The fourth-order valence-corrected chi connectivity index (χ4v) is 5.18. The zero-order valence-electron chi connectivity index (χ0n) is 22.5. The average Bonchev–Trinajstić information content (AvgIpc) is 3.58. The highest BCUT2D eigenvalue weighted by Gasteiger charge is 2.27. The van der Waals surface area contributed by atoms with Crippen LogP contribution in [0, 0.1) is 0 Å². The van der Waals surface area contributed by atoms with E-state index in [1.54, 1.807) is 14.2 Å². The summed E-state index contributed by atoms with van der Waals surface area (Å²) in [7, 11) is 3.33. The van der Waals surface area contributed by atoms with Gasteiger partial charge in [0.1, 0.15) is 11.5 Å². The number of fused-ring (bicyclic) bond motifs is 1. The van der Waals surface area contributed by atoms with Crippen molar-refractivity contribution in [3.05, 3.63) is 107 Å². The lowest BCUT2D eigenvalue weighted by Gasteiger charge is -2.25. The second-order valence-corrected chi connectivity index (χ2v) is 9.80. The van der Waals surface area contributed by atoms with Crippen molar-refractivity contribution in [1.82, 2.24) is 20.0 Å². The Morgan fingerprint density at radius 1 is 0.923 bits per heavy atom. The lowest BCUT2D eigenvalue weighted by molar-refractivity contribution is 0.362. The molecule has 2 atom stereocenters. The number of aromatic amines is 1. The summed E-state index contributed by atoms with van der Waals surface area (Å²) < 4.78 is 13.1. The van der Waals surface area contributed by atoms with Crippen molar-refractivity contribution >= 4 is 10.9 Å². The molecule has 2 unspecified atom stereocenters. The van der Waals surface area contributed by atoms with Gasteiger partial charge in [-0.3, -0.25) is 0 Å². The quantitative estimate of drug-likeness (QED) is 0.225. The molecule has 2 heterocycles. The first-order valence-corrected chi connectivity index (χ1v) is 13.3. The molecule has 0 fully saturated rings. The first-order valence-electron chi connectivity index (χ1n) is 13.3. The van der Waals surface area contributed by atoms with Crippen molar-refractivity contribution in [1.29, 1.82) is 0 Å². The molecule has 3 aromatic carbocycles. The predicted octanol–water partition coefficient (Wildman–Crippen LogP) is 4.22. The average molecular weight is 525 g/mol. The predicted molar refractivity (Wildman–Crippen MR) is 154 cm³/mol. The van der Waals surface area contributed by atoms with Crippen LogP contribution in [0.15, 0.2) is 79.0 Å². The zero-order chi connectivity index (χ0) is 27.2. The van der Waals surface area contributed by atoms with E-state index in [0.29, 0.717) is 19.4 Å². The van der Waals surface area contributed by atoms with Gasteiger partial charge in [-0.2, -0.15) is 0 Å². The molecule has 0 spiro atoms. The Hall–Kier alpha value is -4.14. The van der Waals surface area contributed by atoms with Crippen molar-refractivity contribution in [3.8, 4) is 11.5 Å². The summed E-state index contributed by atoms with van der Waals surface area (Å²) >= 11 is 0. The third-order valence-corrected chi connectivity index (χ3v) is 7.40. The van der Waals surface area contributed by atoms with Crippen LogP contribution in [0.25, 0.3) is 10.9 Å². The highest BCUT2D eigenvalue weighted by atomic mass is 16.5.